The molecule has 3 N–H and O–H groups in total. The van der Waals surface area contributed by atoms with E-state index in [0.717, 1.165) is 23.5 Å². The third-order valence-corrected chi connectivity index (χ3v) is 4.16. The zero-order chi connectivity index (χ0) is 16.4. The van der Waals surface area contributed by atoms with Gasteiger partial charge in [-0.15, -0.1) is 0 Å². The number of anilines is 2. The summed E-state index contributed by atoms with van der Waals surface area (Å²) in [5.74, 6) is 0.582. The second-order valence-electron chi connectivity index (χ2n) is 5.98. The lowest BCUT2D eigenvalue weighted by Crippen LogP contribution is -2.45. The molecule has 0 saturated heterocycles. The Labute approximate surface area is 136 Å². The molecule has 0 aromatic heterocycles. The van der Waals surface area contributed by atoms with Crippen molar-refractivity contribution < 1.29 is 9.53 Å². The van der Waals surface area contributed by atoms with E-state index in [9.17, 15) is 4.79 Å². The van der Waals surface area contributed by atoms with E-state index in [4.69, 9.17) is 10.5 Å². The van der Waals surface area contributed by atoms with Crippen LogP contribution in [-0.4, -0.2) is 26.1 Å². The van der Waals surface area contributed by atoms with Gasteiger partial charge in [-0.1, -0.05) is 30.3 Å². The molecule has 1 aliphatic rings. The Morgan fingerprint density at radius 3 is 2.74 bits per heavy atom. The molecule has 1 amide bonds. The maximum absolute atomic E-state index is 12.6. The van der Waals surface area contributed by atoms with Gasteiger partial charge in [0.25, 0.3) is 0 Å². The fourth-order valence-electron chi connectivity index (χ4n) is 2.60. The van der Waals surface area contributed by atoms with Gasteiger partial charge in [0, 0.05) is 12.7 Å². The summed E-state index contributed by atoms with van der Waals surface area (Å²) in [6.45, 7) is 3.21. The lowest BCUT2D eigenvalue weighted by Gasteiger charge is -2.29. The molecule has 120 valence electrons. The summed E-state index contributed by atoms with van der Waals surface area (Å²) in [6.07, 6.45) is 0. The number of fused-ring (bicyclic) bond motifs is 1. The summed E-state index contributed by atoms with van der Waals surface area (Å²) in [7, 11) is 2.00. The van der Waals surface area contributed by atoms with Gasteiger partial charge in [0.05, 0.1) is 12.2 Å². The smallest absolute Gasteiger partial charge is 0.248 e. The highest BCUT2D eigenvalue weighted by Crippen LogP contribution is 2.33. The van der Waals surface area contributed by atoms with Crippen molar-refractivity contribution in [3.8, 4) is 5.75 Å². The first-order chi connectivity index (χ1) is 11.0. The molecule has 0 bridgehead atoms. The van der Waals surface area contributed by atoms with Crippen molar-refractivity contribution in [3.05, 3.63) is 54.1 Å². The predicted octanol–water partition coefficient (Wildman–Crippen LogP) is 2.33. The first-order valence-corrected chi connectivity index (χ1v) is 7.62. The van der Waals surface area contributed by atoms with E-state index < -0.39 is 5.54 Å². The molecule has 1 heterocycles. The molecule has 0 fully saturated rings. The summed E-state index contributed by atoms with van der Waals surface area (Å²) in [5.41, 5.74) is 7.60. The van der Waals surface area contributed by atoms with Gasteiger partial charge >= 0.3 is 0 Å². The molecule has 23 heavy (non-hydrogen) atoms. The van der Waals surface area contributed by atoms with Crippen LogP contribution in [0.4, 0.5) is 11.4 Å². The number of hydrogen-bond donors (Lipinski definition) is 2. The SMILES string of the molecule is CN1CCOc2ccc(NC(=O)C(C)(N)c3ccccc3)cc21. The quantitative estimate of drug-likeness (QED) is 0.913. The van der Waals surface area contributed by atoms with E-state index in [1.54, 1.807) is 6.92 Å². The lowest BCUT2D eigenvalue weighted by molar-refractivity contribution is -0.120. The second-order valence-corrected chi connectivity index (χ2v) is 5.98. The van der Waals surface area contributed by atoms with Crippen molar-refractivity contribution >= 4 is 17.3 Å². The molecule has 1 aliphatic heterocycles. The highest BCUT2D eigenvalue weighted by Gasteiger charge is 2.30. The number of ether oxygens (including phenoxy) is 1. The first-order valence-electron chi connectivity index (χ1n) is 7.62. The molecular formula is C18H21N3O2. The highest BCUT2D eigenvalue weighted by molar-refractivity contribution is 5.98. The molecule has 0 aliphatic carbocycles. The summed E-state index contributed by atoms with van der Waals surface area (Å²) in [5, 5.41) is 2.91. The number of nitrogens with one attached hydrogen (secondary N) is 1. The number of amides is 1. The van der Waals surface area contributed by atoms with E-state index in [0.29, 0.717) is 12.3 Å². The van der Waals surface area contributed by atoms with Crippen LogP contribution in [0.1, 0.15) is 12.5 Å². The summed E-state index contributed by atoms with van der Waals surface area (Å²) in [4.78, 5) is 14.7. The fraction of sp³-hybridized carbons (Fsp3) is 0.278. The zero-order valence-electron chi connectivity index (χ0n) is 13.4. The number of nitrogens with two attached hydrogens (primary N) is 1. The highest BCUT2D eigenvalue weighted by atomic mass is 16.5. The Morgan fingerprint density at radius 1 is 1.26 bits per heavy atom. The van der Waals surface area contributed by atoms with Crippen molar-refractivity contribution in [2.45, 2.75) is 12.5 Å². The lowest BCUT2D eigenvalue weighted by atomic mass is 9.92. The van der Waals surface area contributed by atoms with Crippen LogP contribution in [0.25, 0.3) is 0 Å². The molecule has 0 spiro atoms. The molecule has 2 aromatic rings. The van der Waals surface area contributed by atoms with Crippen molar-refractivity contribution in [3.63, 3.8) is 0 Å². The zero-order valence-corrected chi connectivity index (χ0v) is 13.4. The van der Waals surface area contributed by atoms with Gasteiger partial charge in [0.2, 0.25) is 5.91 Å². The number of hydrogen-bond acceptors (Lipinski definition) is 4. The van der Waals surface area contributed by atoms with E-state index in [1.807, 2.05) is 55.6 Å². The first kappa shape index (κ1) is 15.4. The Bertz CT molecular complexity index is 713. The number of benzene rings is 2. The van der Waals surface area contributed by atoms with Crippen LogP contribution in [0.3, 0.4) is 0 Å². The standard InChI is InChI=1S/C18H21N3O2/c1-18(19,13-6-4-3-5-7-13)17(22)20-14-8-9-16-15(12-14)21(2)10-11-23-16/h3-9,12H,10-11,19H2,1-2H3,(H,20,22). The minimum Gasteiger partial charge on any atom is -0.490 e. The van der Waals surface area contributed by atoms with E-state index in [-0.39, 0.29) is 5.91 Å². The van der Waals surface area contributed by atoms with Crippen LogP contribution in [-0.2, 0) is 10.3 Å². The van der Waals surface area contributed by atoms with E-state index in [1.165, 1.54) is 0 Å². The maximum Gasteiger partial charge on any atom is 0.248 e. The molecule has 2 aromatic carbocycles. The average Bonchev–Trinajstić information content (AvgIpc) is 2.56. The monoisotopic (exact) mass is 311 g/mol. The van der Waals surface area contributed by atoms with Crippen molar-refractivity contribution in [2.75, 3.05) is 30.4 Å². The fourth-order valence-corrected chi connectivity index (χ4v) is 2.60. The van der Waals surface area contributed by atoms with Crippen LogP contribution in [0, 0.1) is 0 Å². The average molecular weight is 311 g/mol. The minimum atomic E-state index is -1.10. The summed E-state index contributed by atoms with van der Waals surface area (Å²) < 4.78 is 5.61. The van der Waals surface area contributed by atoms with Gasteiger partial charge in [-0.3, -0.25) is 4.79 Å². The normalized spacial score (nSPS) is 16.0. The van der Waals surface area contributed by atoms with Gasteiger partial charge in [-0.2, -0.15) is 0 Å². The molecular weight excluding hydrogens is 290 g/mol. The number of nitrogens with zero attached hydrogens (tertiary/aromatic N) is 1. The molecule has 0 radical (unpaired) electrons. The number of likely N-dealkylation sites (N-methyl/N-ethyl adjacent to an activating group) is 1. The summed E-state index contributed by atoms with van der Waals surface area (Å²) in [6, 6.07) is 15.0. The number of carbonyl (C=O) groups excluding carboxylic acids is 1. The summed E-state index contributed by atoms with van der Waals surface area (Å²) >= 11 is 0. The molecule has 5 heteroatoms. The van der Waals surface area contributed by atoms with Gasteiger partial charge in [-0.25, -0.2) is 0 Å². The molecule has 0 saturated carbocycles. The van der Waals surface area contributed by atoms with Crippen molar-refractivity contribution in [1.29, 1.82) is 0 Å². The Kier molecular flexibility index (Phi) is 3.96. The number of carbonyl (C=O) groups is 1. The third-order valence-electron chi connectivity index (χ3n) is 4.16. The minimum absolute atomic E-state index is 0.247. The molecule has 1 atom stereocenters. The van der Waals surface area contributed by atoms with Crippen LogP contribution >= 0.6 is 0 Å². The third kappa shape index (κ3) is 3.00. The van der Waals surface area contributed by atoms with Crippen LogP contribution in [0.2, 0.25) is 0 Å². The van der Waals surface area contributed by atoms with Gasteiger partial charge in [0.15, 0.2) is 0 Å². The molecule has 5 nitrogen and oxygen atoms in total. The van der Waals surface area contributed by atoms with E-state index >= 15 is 0 Å². The van der Waals surface area contributed by atoms with Gasteiger partial charge in [0.1, 0.15) is 17.9 Å². The molecule has 1 unspecified atom stereocenters. The Morgan fingerprint density at radius 2 is 2.00 bits per heavy atom. The van der Waals surface area contributed by atoms with Gasteiger partial charge < -0.3 is 20.7 Å². The van der Waals surface area contributed by atoms with Crippen molar-refractivity contribution in [1.82, 2.24) is 0 Å². The Balaban J connectivity index is 1.82. The van der Waals surface area contributed by atoms with Crippen LogP contribution in [0.15, 0.2) is 48.5 Å². The molecule has 3 rings (SSSR count). The maximum atomic E-state index is 12.6. The van der Waals surface area contributed by atoms with E-state index in [2.05, 4.69) is 10.2 Å². The van der Waals surface area contributed by atoms with Crippen LogP contribution < -0.4 is 20.7 Å². The predicted molar refractivity (Wildman–Crippen MR) is 91.8 cm³/mol. The van der Waals surface area contributed by atoms with Crippen molar-refractivity contribution in [2.24, 2.45) is 5.73 Å². The van der Waals surface area contributed by atoms with Gasteiger partial charge in [-0.05, 0) is 30.7 Å². The Hall–Kier alpha value is -2.53. The van der Waals surface area contributed by atoms with Crippen LogP contribution in [0.5, 0.6) is 5.75 Å². The number of rotatable bonds is 3. The largest absolute Gasteiger partial charge is 0.490 e. The topological polar surface area (TPSA) is 67.6 Å². The second kappa shape index (κ2) is 5.93.